The highest BCUT2D eigenvalue weighted by molar-refractivity contribution is 7.89. The van der Waals surface area contributed by atoms with E-state index in [0.717, 1.165) is 10.8 Å². The van der Waals surface area contributed by atoms with Crippen LogP contribution in [0.25, 0.3) is 10.2 Å². The van der Waals surface area contributed by atoms with Crippen molar-refractivity contribution >= 4 is 54.2 Å². The van der Waals surface area contributed by atoms with E-state index in [-0.39, 0.29) is 42.3 Å². The quantitative estimate of drug-likeness (QED) is 0.287. The summed E-state index contributed by atoms with van der Waals surface area (Å²) in [6.07, 6.45) is 0.680. The Balaban J connectivity index is 1.95. The number of aromatic nitrogens is 1. The number of ether oxygens (including phenoxy) is 1. The van der Waals surface area contributed by atoms with Crippen molar-refractivity contribution in [2.24, 2.45) is 0 Å². The topological polar surface area (TPSA) is 131 Å². The molecule has 39 heavy (non-hydrogen) atoms. The number of carbonyl (C=O) groups is 1. The molecule has 0 unspecified atom stereocenters. The van der Waals surface area contributed by atoms with Gasteiger partial charge in [-0.05, 0) is 63.5 Å². The summed E-state index contributed by atoms with van der Waals surface area (Å²) in [5.74, 6) is 0.210. The fourth-order valence-electron chi connectivity index (χ4n) is 3.83. The van der Waals surface area contributed by atoms with Crippen LogP contribution in [0.3, 0.4) is 0 Å². The van der Waals surface area contributed by atoms with E-state index in [1.807, 2.05) is 31.1 Å². The van der Waals surface area contributed by atoms with Gasteiger partial charge in [0, 0.05) is 38.0 Å². The zero-order valence-electron chi connectivity index (χ0n) is 21.9. The van der Waals surface area contributed by atoms with E-state index < -0.39 is 10.0 Å². The molecule has 13 heteroatoms. The number of rotatable bonds is 13. The summed E-state index contributed by atoms with van der Waals surface area (Å²) in [6, 6.07) is 13.0. The summed E-state index contributed by atoms with van der Waals surface area (Å²) >= 11 is 7.69. The molecule has 3 aromatic rings. The molecule has 0 saturated heterocycles. The van der Waals surface area contributed by atoms with Gasteiger partial charge in [0.05, 0.1) is 33.9 Å². The van der Waals surface area contributed by atoms with E-state index in [1.54, 1.807) is 24.1 Å². The third-order valence-corrected chi connectivity index (χ3v) is 9.27. The summed E-state index contributed by atoms with van der Waals surface area (Å²) < 4.78 is 33.5. The van der Waals surface area contributed by atoms with E-state index in [2.05, 4.69) is 4.98 Å². The van der Waals surface area contributed by atoms with Gasteiger partial charge in [0.2, 0.25) is 10.0 Å². The first kappa shape index (κ1) is 30.3. The van der Waals surface area contributed by atoms with Gasteiger partial charge in [0.25, 0.3) is 5.91 Å². The lowest BCUT2D eigenvalue weighted by Gasteiger charge is -2.22. The maximum atomic E-state index is 13.7. The van der Waals surface area contributed by atoms with Gasteiger partial charge in [-0.15, -0.1) is 0 Å². The van der Waals surface area contributed by atoms with Crippen molar-refractivity contribution in [1.29, 1.82) is 10.5 Å². The average Bonchev–Trinajstić information content (AvgIpc) is 3.37. The number of anilines is 1. The largest absolute Gasteiger partial charge is 0.494 e. The van der Waals surface area contributed by atoms with Crippen molar-refractivity contribution in [1.82, 2.24) is 14.2 Å². The molecule has 0 aliphatic rings. The Hall–Kier alpha value is -3.26. The number of halogens is 1. The zero-order chi connectivity index (χ0) is 28.6. The third kappa shape index (κ3) is 7.24. The minimum atomic E-state index is -3.95. The van der Waals surface area contributed by atoms with Crippen LogP contribution in [0.5, 0.6) is 5.75 Å². The number of fused-ring (bicyclic) bond motifs is 1. The van der Waals surface area contributed by atoms with E-state index in [4.69, 9.17) is 26.9 Å². The van der Waals surface area contributed by atoms with Crippen LogP contribution in [0.2, 0.25) is 5.02 Å². The normalized spacial score (nSPS) is 11.5. The maximum Gasteiger partial charge on any atom is 0.260 e. The predicted octanol–water partition coefficient (Wildman–Crippen LogP) is 4.37. The second kappa shape index (κ2) is 13.7. The highest BCUT2D eigenvalue weighted by atomic mass is 35.5. The molecule has 0 radical (unpaired) electrons. The van der Waals surface area contributed by atoms with Gasteiger partial charge < -0.3 is 9.64 Å². The first-order valence-corrected chi connectivity index (χ1v) is 14.7. The van der Waals surface area contributed by atoms with E-state index in [9.17, 15) is 13.2 Å². The second-order valence-electron chi connectivity index (χ2n) is 8.78. The Morgan fingerprint density at radius 3 is 2.23 bits per heavy atom. The molecule has 0 spiro atoms. The Kier molecular flexibility index (Phi) is 10.6. The number of carbonyl (C=O) groups excluding carboxylic acids is 1. The Bertz CT molecular complexity index is 1480. The maximum absolute atomic E-state index is 13.7. The molecule has 0 bridgehead atoms. The standard InChI is InChI=1S/C26H29ClN6O4S2/c1-31(2)15-6-18-33(26-30-23-22(37-3)12-11-21(27)24(23)38-26)25(34)19-7-9-20(10-8-19)39(35,36)32(16-4-13-28)17-5-14-29/h7-12H,4-6,15-18H2,1-3H3. The van der Waals surface area contributed by atoms with Gasteiger partial charge in [-0.3, -0.25) is 9.69 Å². The monoisotopic (exact) mass is 588 g/mol. The lowest BCUT2D eigenvalue weighted by atomic mass is 10.2. The number of nitrogens with zero attached hydrogens (tertiary/aromatic N) is 6. The van der Waals surface area contributed by atoms with Gasteiger partial charge in [0.15, 0.2) is 5.13 Å². The molecule has 0 aliphatic carbocycles. The van der Waals surface area contributed by atoms with Crippen molar-refractivity contribution in [3.8, 4) is 17.9 Å². The predicted molar refractivity (Wildman–Crippen MR) is 152 cm³/mol. The van der Waals surface area contributed by atoms with Crippen LogP contribution >= 0.6 is 22.9 Å². The molecule has 0 saturated carbocycles. The van der Waals surface area contributed by atoms with E-state index in [0.29, 0.717) is 39.1 Å². The van der Waals surface area contributed by atoms with Crippen LogP contribution in [0.4, 0.5) is 5.13 Å². The number of thiazole rings is 1. The molecule has 10 nitrogen and oxygen atoms in total. The van der Waals surface area contributed by atoms with Crippen LogP contribution in [-0.2, 0) is 10.0 Å². The number of sulfonamides is 1. The van der Waals surface area contributed by atoms with Crippen molar-refractivity contribution < 1.29 is 17.9 Å². The molecule has 3 rings (SSSR count). The highest BCUT2D eigenvalue weighted by Crippen LogP contribution is 2.39. The number of methoxy groups -OCH3 is 1. The summed E-state index contributed by atoms with van der Waals surface area (Å²) in [6.45, 7) is 1.08. The van der Waals surface area contributed by atoms with Crippen molar-refractivity contribution in [2.75, 3.05) is 52.3 Å². The minimum Gasteiger partial charge on any atom is -0.494 e. The molecule has 0 atom stereocenters. The van der Waals surface area contributed by atoms with Crippen molar-refractivity contribution in [3.63, 3.8) is 0 Å². The summed E-state index contributed by atoms with van der Waals surface area (Å²) in [4.78, 5) is 21.9. The number of hydrogen-bond acceptors (Lipinski definition) is 9. The third-order valence-electron chi connectivity index (χ3n) is 5.82. The second-order valence-corrected chi connectivity index (χ2v) is 12.1. The van der Waals surface area contributed by atoms with Crippen LogP contribution in [0.15, 0.2) is 41.3 Å². The Morgan fingerprint density at radius 2 is 1.67 bits per heavy atom. The Labute approximate surface area is 237 Å². The first-order valence-electron chi connectivity index (χ1n) is 12.1. The van der Waals surface area contributed by atoms with Crippen LogP contribution in [-0.4, -0.2) is 75.9 Å². The molecular weight excluding hydrogens is 560 g/mol. The molecular formula is C26H29ClN6O4S2. The van der Waals surface area contributed by atoms with Gasteiger partial charge in [0.1, 0.15) is 11.3 Å². The van der Waals surface area contributed by atoms with Crippen molar-refractivity contribution in [2.45, 2.75) is 24.2 Å². The molecule has 1 heterocycles. The number of hydrogen-bond donors (Lipinski definition) is 0. The highest BCUT2D eigenvalue weighted by Gasteiger charge is 2.26. The number of amides is 1. The summed E-state index contributed by atoms with van der Waals surface area (Å²) in [7, 11) is 1.49. The smallest absolute Gasteiger partial charge is 0.260 e. The van der Waals surface area contributed by atoms with Gasteiger partial charge in [-0.2, -0.15) is 14.8 Å². The molecule has 1 aromatic heterocycles. The Morgan fingerprint density at radius 1 is 1.03 bits per heavy atom. The molecule has 0 N–H and O–H groups in total. The fourth-order valence-corrected chi connectivity index (χ4v) is 6.55. The van der Waals surface area contributed by atoms with E-state index >= 15 is 0 Å². The molecule has 0 fully saturated rings. The number of nitriles is 2. The minimum absolute atomic E-state index is 0.000105. The molecule has 2 aromatic carbocycles. The first-order chi connectivity index (χ1) is 18.6. The van der Waals surface area contributed by atoms with Crippen LogP contribution in [0.1, 0.15) is 29.6 Å². The molecule has 1 amide bonds. The fraction of sp³-hybridized carbons (Fsp3) is 0.385. The molecule has 0 aliphatic heterocycles. The van der Waals surface area contributed by atoms with Crippen LogP contribution < -0.4 is 9.64 Å². The van der Waals surface area contributed by atoms with Gasteiger partial charge >= 0.3 is 0 Å². The summed E-state index contributed by atoms with van der Waals surface area (Å²) in [5, 5.41) is 18.8. The lowest BCUT2D eigenvalue weighted by molar-refractivity contribution is 0.0986. The SMILES string of the molecule is COc1ccc(Cl)c2sc(N(CCCN(C)C)C(=O)c3ccc(S(=O)(=O)N(CCC#N)CCC#N)cc3)nc12. The van der Waals surface area contributed by atoms with E-state index in [1.165, 1.54) is 35.6 Å². The molecule has 206 valence electrons. The average molecular weight is 589 g/mol. The lowest BCUT2D eigenvalue weighted by Crippen LogP contribution is -2.34. The van der Waals surface area contributed by atoms with Crippen LogP contribution in [0, 0.1) is 22.7 Å². The zero-order valence-corrected chi connectivity index (χ0v) is 24.3. The van der Waals surface area contributed by atoms with Crippen molar-refractivity contribution in [3.05, 3.63) is 47.0 Å². The van der Waals surface area contributed by atoms with Gasteiger partial charge in [-0.1, -0.05) is 22.9 Å². The van der Waals surface area contributed by atoms with Gasteiger partial charge in [-0.25, -0.2) is 13.4 Å². The summed E-state index contributed by atoms with van der Waals surface area (Å²) in [5.41, 5.74) is 0.850. The number of benzene rings is 2.